The van der Waals surface area contributed by atoms with E-state index in [1.165, 1.54) is 25.3 Å². The van der Waals surface area contributed by atoms with E-state index in [4.69, 9.17) is 4.74 Å². The lowest BCUT2D eigenvalue weighted by atomic mass is 10.1. The highest BCUT2D eigenvalue weighted by atomic mass is 19.1. The number of benzene rings is 1. The Bertz CT molecular complexity index is 783. The summed E-state index contributed by atoms with van der Waals surface area (Å²) in [6, 6.07) is 3.71. The summed E-state index contributed by atoms with van der Waals surface area (Å²) < 4.78 is 19.9. The number of H-pyrrole nitrogens is 1. The van der Waals surface area contributed by atoms with Crippen LogP contribution in [0.3, 0.4) is 0 Å². The minimum absolute atomic E-state index is 0.0849. The highest BCUT2D eigenvalue weighted by Gasteiger charge is 2.22. The van der Waals surface area contributed by atoms with E-state index in [1.807, 2.05) is 0 Å². The molecule has 1 aliphatic heterocycles. The number of carbonyl (C=O) groups is 1. The van der Waals surface area contributed by atoms with Gasteiger partial charge in [-0.2, -0.15) is 5.10 Å². The number of aromatic amines is 1. The first-order valence-corrected chi connectivity index (χ1v) is 7.37. The molecular weight excluding hydrogens is 303 g/mol. The van der Waals surface area contributed by atoms with Crippen LogP contribution in [-0.4, -0.2) is 33.8 Å². The molecule has 0 spiro atoms. The summed E-state index contributed by atoms with van der Waals surface area (Å²) in [7, 11) is 1.39. The molecule has 0 radical (unpaired) electrons. The van der Waals surface area contributed by atoms with E-state index >= 15 is 0 Å². The Labute approximate surface area is 131 Å². The van der Waals surface area contributed by atoms with Crippen LogP contribution >= 0.6 is 0 Å². The van der Waals surface area contributed by atoms with Crippen LogP contribution in [0.5, 0.6) is 5.75 Å². The van der Waals surface area contributed by atoms with Crippen molar-refractivity contribution >= 4 is 5.91 Å². The van der Waals surface area contributed by atoms with Gasteiger partial charge in [-0.05, 0) is 25.0 Å². The molecular formula is C15H17FN4O3. The zero-order chi connectivity index (χ0) is 16.4. The molecule has 1 atom stereocenters. The summed E-state index contributed by atoms with van der Waals surface area (Å²) in [5.41, 5.74) is 0.0564. The molecule has 1 amide bonds. The average Bonchev–Trinajstić information content (AvgIpc) is 2.77. The second-order valence-electron chi connectivity index (χ2n) is 5.44. The van der Waals surface area contributed by atoms with Gasteiger partial charge in [0.05, 0.1) is 12.7 Å². The third-order valence-electron chi connectivity index (χ3n) is 4.00. The van der Waals surface area contributed by atoms with Gasteiger partial charge in [-0.3, -0.25) is 9.36 Å². The van der Waals surface area contributed by atoms with Crippen molar-refractivity contribution in [3.63, 3.8) is 0 Å². The van der Waals surface area contributed by atoms with Gasteiger partial charge in [0.1, 0.15) is 17.4 Å². The fourth-order valence-corrected chi connectivity index (χ4v) is 2.76. The highest BCUT2D eigenvalue weighted by molar-refractivity contribution is 5.97. The molecule has 1 aromatic heterocycles. The van der Waals surface area contributed by atoms with E-state index < -0.39 is 5.82 Å². The van der Waals surface area contributed by atoms with Gasteiger partial charge in [0.15, 0.2) is 0 Å². The van der Waals surface area contributed by atoms with Crippen molar-refractivity contribution in [3.8, 4) is 5.75 Å². The van der Waals surface area contributed by atoms with E-state index in [0.717, 1.165) is 0 Å². The Kier molecular flexibility index (Phi) is 4.14. The molecule has 0 aliphatic carbocycles. The van der Waals surface area contributed by atoms with Crippen molar-refractivity contribution < 1.29 is 13.9 Å². The maximum absolute atomic E-state index is 13.2. The molecule has 2 N–H and O–H groups in total. The molecule has 3 rings (SSSR count). The number of halogens is 1. The topological polar surface area (TPSA) is 89.0 Å². The summed E-state index contributed by atoms with van der Waals surface area (Å²) in [6.45, 7) is 0.496. The summed E-state index contributed by atoms with van der Waals surface area (Å²) in [5.74, 6) is 0.115. The lowest BCUT2D eigenvalue weighted by molar-refractivity contribution is 0.0930. The van der Waals surface area contributed by atoms with E-state index in [2.05, 4.69) is 15.5 Å². The van der Waals surface area contributed by atoms with E-state index in [9.17, 15) is 14.0 Å². The fraction of sp³-hybridized carbons (Fsp3) is 0.400. The molecule has 0 saturated carbocycles. The lowest BCUT2D eigenvalue weighted by Crippen LogP contribution is -2.35. The Balaban J connectivity index is 1.71. The number of carbonyl (C=O) groups excluding carboxylic acids is 1. The SMILES string of the molecule is COc1cc(F)ccc1C(=O)NC1CCc2n[nH]c(=O)n2CC1. The molecule has 2 aromatic rings. The van der Waals surface area contributed by atoms with E-state index in [1.54, 1.807) is 4.57 Å². The molecule has 0 saturated heterocycles. The zero-order valence-corrected chi connectivity index (χ0v) is 12.6. The molecule has 7 nitrogen and oxygen atoms in total. The number of amides is 1. The number of aromatic nitrogens is 3. The Morgan fingerprint density at radius 1 is 1.48 bits per heavy atom. The molecule has 1 aromatic carbocycles. The van der Waals surface area contributed by atoms with Gasteiger partial charge < -0.3 is 10.1 Å². The maximum atomic E-state index is 13.2. The second-order valence-corrected chi connectivity index (χ2v) is 5.44. The van der Waals surface area contributed by atoms with Crippen LogP contribution in [0.4, 0.5) is 4.39 Å². The van der Waals surface area contributed by atoms with Crippen LogP contribution in [0, 0.1) is 5.82 Å². The van der Waals surface area contributed by atoms with Gasteiger partial charge >= 0.3 is 5.69 Å². The molecule has 0 fully saturated rings. The Morgan fingerprint density at radius 2 is 2.30 bits per heavy atom. The number of rotatable bonds is 3. The van der Waals surface area contributed by atoms with Crippen molar-refractivity contribution in [1.29, 1.82) is 0 Å². The van der Waals surface area contributed by atoms with Gasteiger partial charge in [0.2, 0.25) is 0 Å². The van der Waals surface area contributed by atoms with E-state index in [0.29, 0.717) is 31.6 Å². The predicted molar refractivity (Wildman–Crippen MR) is 80.0 cm³/mol. The monoisotopic (exact) mass is 320 g/mol. The number of nitrogens with one attached hydrogen (secondary N) is 2. The molecule has 8 heteroatoms. The number of hydrogen-bond acceptors (Lipinski definition) is 4. The van der Waals surface area contributed by atoms with Crippen LogP contribution in [0.1, 0.15) is 29.0 Å². The van der Waals surface area contributed by atoms with E-state index in [-0.39, 0.29) is 29.0 Å². The third kappa shape index (κ3) is 3.10. The number of aryl methyl sites for hydroxylation is 1. The first-order valence-electron chi connectivity index (χ1n) is 7.37. The zero-order valence-electron chi connectivity index (χ0n) is 12.6. The molecule has 1 aliphatic rings. The van der Waals surface area contributed by atoms with Crippen molar-refractivity contribution in [2.75, 3.05) is 7.11 Å². The smallest absolute Gasteiger partial charge is 0.343 e. The first-order chi connectivity index (χ1) is 11.1. The Morgan fingerprint density at radius 3 is 3.09 bits per heavy atom. The average molecular weight is 320 g/mol. The molecule has 0 bridgehead atoms. The van der Waals surface area contributed by atoms with Crippen molar-refractivity contribution in [2.45, 2.75) is 31.8 Å². The highest BCUT2D eigenvalue weighted by Crippen LogP contribution is 2.20. The largest absolute Gasteiger partial charge is 0.496 e. The molecule has 23 heavy (non-hydrogen) atoms. The minimum Gasteiger partial charge on any atom is -0.496 e. The van der Waals surface area contributed by atoms with Gasteiger partial charge in [0.25, 0.3) is 5.91 Å². The van der Waals surface area contributed by atoms with Gasteiger partial charge in [-0.15, -0.1) is 0 Å². The molecule has 2 heterocycles. The number of ether oxygens (including phenoxy) is 1. The van der Waals surface area contributed by atoms with Crippen LogP contribution in [-0.2, 0) is 13.0 Å². The van der Waals surface area contributed by atoms with Crippen molar-refractivity contribution in [2.24, 2.45) is 0 Å². The van der Waals surface area contributed by atoms with Crippen molar-refractivity contribution in [1.82, 2.24) is 20.1 Å². The first kappa shape index (κ1) is 15.3. The Hall–Kier alpha value is -2.64. The standard InChI is InChI=1S/C15H17FN4O3/c1-23-12-8-9(16)2-4-11(12)14(21)17-10-3-5-13-18-19-15(22)20(13)7-6-10/h2,4,8,10H,3,5-7H2,1H3,(H,17,21)(H,19,22). The maximum Gasteiger partial charge on any atom is 0.343 e. The van der Waals surface area contributed by atoms with Gasteiger partial charge in [-0.1, -0.05) is 0 Å². The lowest BCUT2D eigenvalue weighted by Gasteiger charge is -2.17. The minimum atomic E-state index is -0.461. The second kappa shape index (κ2) is 6.23. The van der Waals surface area contributed by atoms with Crippen LogP contribution in [0.25, 0.3) is 0 Å². The number of fused-ring (bicyclic) bond motifs is 1. The fourth-order valence-electron chi connectivity index (χ4n) is 2.76. The summed E-state index contributed by atoms with van der Waals surface area (Å²) >= 11 is 0. The van der Waals surface area contributed by atoms with Crippen LogP contribution in [0.15, 0.2) is 23.0 Å². The quantitative estimate of drug-likeness (QED) is 0.877. The molecule has 1 unspecified atom stereocenters. The van der Waals surface area contributed by atoms with Crippen LogP contribution in [0.2, 0.25) is 0 Å². The van der Waals surface area contributed by atoms with Gasteiger partial charge in [-0.25, -0.2) is 14.3 Å². The molecule has 122 valence electrons. The van der Waals surface area contributed by atoms with Crippen LogP contribution < -0.4 is 15.7 Å². The van der Waals surface area contributed by atoms with Crippen molar-refractivity contribution in [3.05, 3.63) is 45.9 Å². The number of methoxy groups -OCH3 is 1. The predicted octanol–water partition coefficient (Wildman–Crippen LogP) is 0.854. The summed E-state index contributed by atoms with van der Waals surface area (Å²) in [6.07, 6.45) is 1.91. The summed E-state index contributed by atoms with van der Waals surface area (Å²) in [4.78, 5) is 24.0. The third-order valence-corrected chi connectivity index (χ3v) is 4.00. The number of hydrogen-bond donors (Lipinski definition) is 2. The normalized spacial score (nSPS) is 17.2. The summed E-state index contributed by atoms with van der Waals surface area (Å²) in [5, 5.41) is 9.32. The number of nitrogens with zero attached hydrogens (tertiary/aromatic N) is 2. The van der Waals surface area contributed by atoms with Gasteiger partial charge in [0, 0.05) is 25.1 Å².